The van der Waals surface area contributed by atoms with Gasteiger partial charge in [0.25, 0.3) is 0 Å². The van der Waals surface area contributed by atoms with Crippen LogP contribution in [-0.4, -0.2) is 28.0 Å². The lowest BCUT2D eigenvalue weighted by Gasteiger charge is -2.08. The van der Waals surface area contributed by atoms with Crippen LogP contribution in [0.25, 0.3) is 11.4 Å². The highest BCUT2D eigenvalue weighted by molar-refractivity contribution is 6.30. The first kappa shape index (κ1) is 16.3. The minimum absolute atomic E-state index is 0.576. The second-order valence-corrected chi connectivity index (χ2v) is 5.71. The van der Waals surface area contributed by atoms with Crippen molar-refractivity contribution in [2.24, 2.45) is 7.05 Å². The van der Waals surface area contributed by atoms with Crippen molar-refractivity contribution in [2.75, 3.05) is 13.2 Å². The molecule has 0 radical (unpaired) electrons. The van der Waals surface area contributed by atoms with Crippen molar-refractivity contribution in [2.45, 2.75) is 6.42 Å². The average Bonchev–Trinajstić information content (AvgIpc) is 3.03. The SMILES string of the molecule is Cn1cnc(-c2cccc(OCCCOc3ccc(Cl)cc3)c2)n1. The highest BCUT2D eigenvalue weighted by Crippen LogP contribution is 2.21. The highest BCUT2D eigenvalue weighted by atomic mass is 35.5. The van der Waals surface area contributed by atoms with Gasteiger partial charge in [-0.1, -0.05) is 23.7 Å². The number of hydrogen-bond donors (Lipinski definition) is 0. The Hall–Kier alpha value is -2.53. The Balaban J connectivity index is 1.46. The van der Waals surface area contributed by atoms with Crippen LogP contribution in [0.2, 0.25) is 5.02 Å². The molecule has 1 heterocycles. The van der Waals surface area contributed by atoms with Crippen molar-refractivity contribution in [3.63, 3.8) is 0 Å². The van der Waals surface area contributed by atoms with E-state index >= 15 is 0 Å². The molecule has 3 rings (SSSR count). The van der Waals surface area contributed by atoms with E-state index in [2.05, 4.69) is 10.1 Å². The predicted molar refractivity (Wildman–Crippen MR) is 93.5 cm³/mol. The molecule has 3 aromatic rings. The molecular formula is C18H18ClN3O2. The van der Waals surface area contributed by atoms with E-state index in [0.29, 0.717) is 24.1 Å². The molecule has 0 unspecified atom stereocenters. The third-order valence-corrected chi connectivity index (χ3v) is 3.58. The van der Waals surface area contributed by atoms with Gasteiger partial charge in [-0.05, 0) is 36.4 Å². The summed E-state index contributed by atoms with van der Waals surface area (Å²) in [5, 5.41) is 4.99. The number of halogens is 1. The lowest BCUT2D eigenvalue weighted by Crippen LogP contribution is -2.05. The molecular weight excluding hydrogens is 326 g/mol. The van der Waals surface area contributed by atoms with E-state index < -0.39 is 0 Å². The fourth-order valence-electron chi connectivity index (χ4n) is 2.17. The van der Waals surface area contributed by atoms with Gasteiger partial charge in [0.05, 0.1) is 13.2 Å². The quantitative estimate of drug-likeness (QED) is 0.609. The average molecular weight is 344 g/mol. The first-order valence-corrected chi connectivity index (χ1v) is 8.06. The maximum absolute atomic E-state index is 5.84. The van der Waals surface area contributed by atoms with Gasteiger partial charge in [-0.15, -0.1) is 0 Å². The fraction of sp³-hybridized carbons (Fsp3) is 0.222. The van der Waals surface area contributed by atoms with E-state index in [0.717, 1.165) is 23.5 Å². The van der Waals surface area contributed by atoms with Gasteiger partial charge in [-0.2, -0.15) is 5.10 Å². The second kappa shape index (κ2) is 7.84. The third-order valence-electron chi connectivity index (χ3n) is 3.33. The van der Waals surface area contributed by atoms with E-state index in [-0.39, 0.29) is 0 Å². The van der Waals surface area contributed by atoms with Crippen LogP contribution in [0.4, 0.5) is 0 Å². The largest absolute Gasteiger partial charge is 0.493 e. The molecule has 0 saturated carbocycles. The van der Waals surface area contributed by atoms with Crippen LogP contribution in [0.15, 0.2) is 54.9 Å². The van der Waals surface area contributed by atoms with E-state index in [9.17, 15) is 0 Å². The maximum Gasteiger partial charge on any atom is 0.181 e. The molecule has 5 nitrogen and oxygen atoms in total. The zero-order valence-electron chi connectivity index (χ0n) is 13.4. The normalized spacial score (nSPS) is 10.6. The van der Waals surface area contributed by atoms with Crippen molar-refractivity contribution in [3.05, 3.63) is 59.9 Å². The van der Waals surface area contributed by atoms with Gasteiger partial charge in [0.2, 0.25) is 0 Å². The summed E-state index contributed by atoms with van der Waals surface area (Å²) < 4.78 is 13.1. The number of aromatic nitrogens is 3. The number of hydrogen-bond acceptors (Lipinski definition) is 4. The van der Waals surface area contributed by atoms with E-state index in [1.165, 1.54) is 0 Å². The summed E-state index contributed by atoms with van der Waals surface area (Å²) in [5.41, 5.74) is 0.936. The van der Waals surface area contributed by atoms with Gasteiger partial charge in [0.1, 0.15) is 17.8 Å². The van der Waals surface area contributed by atoms with Gasteiger partial charge >= 0.3 is 0 Å². The molecule has 1 aromatic heterocycles. The van der Waals surface area contributed by atoms with Crippen LogP contribution in [0.5, 0.6) is 11.5 Å². The highest BCUT2D eigenvalue weighted by Gasteiger charge is 2.04. The predicted octanol–water partition coefficient (Wildman–Crippen LogP) is 3.98. The summed E-state index contributed by atoms with van der Waals surface area (Å²) >= 11 is 5.84. The first-order valence-electron chi connectivity index (χ1n) is 7.68. The van der Waals surface area contributed by atoms with Crippen molar-refractivity contribution in [1.82, 2.24) is 14.8 Å². The van der Waals surface area contributed by atoms with Crippen LogP contribution < -0.4 is 9.47 Å². The molecule has 0 spiro atoms. The smallest absolute Gasteiger partial charge is 0.181 e. The van der Waals surface area contributed by atoms with Crippen LogP contribution >= 0.6 is 11.6 Å². The molecule has 0 atom stereocenters. The van der Waals surface area contributed by atoms with Gasteiger partial charge in [0.15, 0.2) is 5.82 Å². The molecule has 0 fully saturated rings. The summed E-state index contributed by atoms with van der Waals surface area (Å²) in [7, 11) is 1.84. The van der Waals surface area contributed by atoms with E-state index in [1.54, 1.807) is 11.0 Å². The van der Waals surface area contributed by atoms with Gasteiger partial charge in [-0.3, -0.25) is 4.68 Å². The van der Waals surface area contributed by atoms with Crippen LogP contribution in [0, 0.1) is 0 Å². The molecule has 0 N–H and O–H groups in total. The molecule has 6 heteroatoms. The summed E-state index contributed by atoms with van der Waals surface area (Å²) in [6.45, 7) is 1.16. The number of rotatable bonds is 7. The number of benzene rings is 2. The Kier molecular flexibility index (Phi) is 5.33. The number of ether oxygens (including phenoxy) is 2. The van der Waals surface area contributed by atoms with E-state index in [1.807, 2.05) is 55.6 Å². The lowest BCUT2D eigenvalue weighted by atomic mass is 10.2. The standard InChI is InChI=1S/C18H18ClN3O2/c1-22-13-20-18(21-22)14-4-2-5-17(12-14)24-11-3-10-23-16-8-6-15(19)7-9-16/h2,4-9,12-13H,3,10-11H2,1H3. The minimum Gasteiger partial charge on any atom is -0.493 e. The Morgan fingerprint density at radius 2 is 1.75 bits per heavy atom. The van der Waals surface area contributed by atoms with Crippen molar-refractivity contribution < 1.29 is 9.47 Å². The lowest BCUT2D eigenvalue weighted by molar-refractivity contribution is 0.247. The van der Waals surface area contributed by atoms with Crippen molar-refractivity contribution >= 4 is 11.6 Å². The van der Waals surface area contributed by atoms with Crippen molar-refractivity contribution in [1.29, 1.82) is 0 Å². The summed E-state index contributed by atoms with van der Waals surface area (Å²) in [5.74, 6) is 2.29. The zero-order valence-corrected chi connectivity index (χ0v) is 14.1. The first-order chi connectivity index (χ1) is 11.7. The third kappa shape index (κ3) is 4.49. The van der Waals surface area contributed by atoms with E-state index in [4.69, 9.17) is 21.1 Å². The molecule has 0 saturated heterocycles. The Labute approximate surface area is 145 Å². The Bertz CT molecular complexity index is 787. The molecule has 0 bridgehead atoms. The summed E-state index contributed by atoms with van der Waals surface area (Å²) in [4.78, 5) is 4.24. The molecule has 124 valence electrons. The zero-order chi connectivity index (χ0) is 16.8. The number of nitrogens with zero attached hydrogens (tertiary/aromatic N) is 3. The van der Waals surface area contributed by atoms with Gasteiger partial charge < -0.3 is 9.47 Å². The van der Waals surface area contributed by atoms with Crippen molar-refractivity contribution in [3.8, 4) is 22.9 Å². The molecule has 2 aromatic carbocycles. The van der Waals surface area contributed by atoms with Crippen LogP contribution in [0.3, 0.4) is 0 Å². The molecule has 0 amide bonds. The Morgan fingerprint density at radius 1 is 1.00 bits per heavy atom. The molecule has 0 aliphatic heterocycles. The summed E-state index contributed by atoms with van der Waals surface area (Å²) in [6, 6.07) is 15.1. The number of aryl methyl sites for hydroxylation is 1. The Morgan fingerprint density at radius 3 is 2.46 bits per heavy atom. The summed E-state index contributed by atoms with van der Waals surface area (Å²) in [6.07, 6.45) is 2.46. The fourth-order valence-corrected chi connectivity index (χ4v) is 2.29. The molecule has 24 heavy (non-hydrogen) atoms. The minimum atomic E-state index is 0.576. The monoisotopic (exact) mass is 343 g/mol. The van der Waals surface area contributed by atoms with Gasteiger partial charge in [-0.25, -0.2) is 4.98 Å². The van der Waals surface area contributed by atoms with Crippen LogP contribution in [-0.2, 0) is 7.05 Å². The van der Waals surface area contributed by atoms with Gasteiger partial charge in [0, 0.05) is 24.1 Å². The van der Waals surface area contributed by atoms with Crippen LogP contribution in [0.1, 0.15) is 6.42 Å². The second-order valence-electron chi connectivity index (χ2n) is 5.27. The molecule has 0 aliphatic rings. The maximum atomic E-state index is 5.84. The molecule has 0 aliphatic carbocycles. The topological polar surface area (TPSA) is 49.2 Å².